The first-order valence-corrected chi connectivity index (χ1v) is 13.3. The predicted octanol–water partition coefficient (Wildman–Crippen LogP) is 2.70. The summed E-state index contributed by atoms with van der Waals surface area (Å²) in [6, 6.07) is 11.6. The van der Waals surface area contributed by atoms with E-state index in [2.05, 4.69) is 5.32 Å². The van der Waals surface area contributed by atoms with Crippen LogP contribution in [0.15, 0.2) is 48.5 Å². The average Bonchev–Trinajstić information content (AvgIpc) is 2.84. The van der Waals surface area contributed by atoms with Crippen molar-refractivity contribution in [1.82, 2.24) is 10.2 Å². The van der Waals surface area contributed by atoms with E-state index >= 15 is 0 Å². The summed E-state index contributed by atoms with van der Waals surface area (Å²) < 4.78 is 31.4. The fourth-order valence-corrected chi connectivity index (χ4v) is 4.33. The molecule has 2 aromatic rings. The lowest BCUT2D eigenvalue weighted by molar-refractivity contribution is -0.384. The number of unbranched alkanes of at least 4 members (excludes halogenated alkanes) is 1. The van der Waals surface area contributed by atoms with Crippen LogP contribution in [0.25, 0.3) is 0 Å². The van der Waals surface area contributed by atoms with E-state index in [0.717, 1.165) is 35.0 Å². The van der Waals surface area contributed by atoms with Crippen molar-refractivity contribution in [3.05, 3.63) is 64.2 Å². The molecular weight excluding hydrogens is 488 g/mol. The van der Waals surface area contributed by atoms with Crippen LogP contribution in [0.4, 0.5) is 11.4 Å². The molecule has 0 saturated carbocycles. The third-order valence-corrected chi connectivity index (χ3v) is 6.64. The van der Waals surface area contributed by atoms with Crippen LogP contribution in [0.5, 0.6) is 5.75 Å². The van der Waals surface area contributed by atoms with E-state index in [1.54, 1.807) is 31.2 Å². The molecule has 0 aromatic heterocycles. The quantitative estimate of drug-likeness (QED) is 0.243. The van der Waals surface area contributed by atoms with Gasteiger partial charge in [-0.2, -0.15) is 0 Å². The third-order valence-electron chi connectivity index (χ3n) is 5.51. The molecule has 1 atom stereocenters. The van der Waals surface area contributed by atoms with Gasteiger partial charge in [0.25, 0.3) is 5.69 Å². The molecule has 0 aliphatic carbocycles. The lowest BCUT2D eigenvalue weighted by atomic mass is 10.1. The lowest BCUT2D eigenvalue weighted by Gasteiger charge is -2.31. The molecule has 36 heavy (non-hydrogen) atoms. The highest BCUT2D eigenvalue weighted by molar-refractivity contribution is 7.92. The monoisotopic (exact) mass is 520 g/mol. The molecule has 0 fully saturated rings. The highest BCUT2D eigenvalue weighted by atomic mass is 32.2. The van der Waals surface area contributed by atoms with Gasteiger partial charge >= 0.3 is 0 Å². The van der Waals surface area contributed by atoms with Crippen molar-refractivity contribution in [2.24, 2.45) is 0 Å². The zero-order valence-corrected chi connectivity index (χ0v) is 21.7. The van der Waals surface area contributed by atoms with Crippen molar-refractivity contribution in [1.29, 1.82) is 0 Å². The second kappa shape index (κ2) is 12.9. The Morgan fingerprint density at radius 2 is 1.83 bits per heavy atom. The van der Waals surface area contributed by atoms with Crippen LogP contribution >= 0.6 is 0 Å². The summed E-state index contributed by atoms with van der Waals surface area (Å²) in [6.45, 7) is 3.39. The Kier molecular flexibility index (Phi) is 10.2. The standard InChI is InChI=1S/C24H32N4O7S/c1-5-6-14-25-24(30)18(2)26(16-19-10-8-7-9-11-19)23(29)17-27(36(4,33)34)21-15-20(28(31)32)12-13-22(21)35-3/h7-13,15,18H,5-6,14,16-17H2,1-4H3,(H,25,30). The van der Waals surface area contributed by atoms with Crippen molar-refractivity contribution in [3.8, 4) is 5.75 Å². The van der Waals surface area contributed by atoms with Crippen molar-refractivity contribution in [2.75, 3.05) is 30.8 Å². The zero-order chi connectivity index (χ0) is 26.9. The number of nitro benzene ring substituents is 1. The molecule has 0 aliphatic rings. The number of methoxy groups -OCH3 is 1. The van der Waals surface area contributed by atoms with Crippen molar-refractivity contribution in [3.63, 3.8) is 0 Å². The fraction of sp³-hybridized carbons (Fsp3) is 0.417. The molecule has 0 heterocycles. The minimum atomic E-state index is -4.08. The topological polar surface area (TPSA) is 139 Å². The number of carbonyl (C=O) groups excluding carboxylic acids is 2. The van der Waals surface area contributed by atoms with Crippen LogP contribution in [0.1, 0.15) is 32.3 Å². The van der Waals surface area contributed by atoms with Gasteiger partial charge < -0.3 is 15.0 Å². The SMILES string of the molecule is CCCCNC(=O)C(C)N(Cc1ccccc1)C(=O)CN(c1cc([N+](=O)[O-])ccc1OC)S(C)(=O)=O. The average molecular weight is 521 g/mol. The number of hydrogen-bond acceptors (Lipinski definition) is 7. The molecular formula is C24H32N4O7S. The van der Waals surface area contributed by atoms with Crippen molar-refractivity contribution < 1.29 is 27.7 Å². The minimum absolute atomic E-state index is 0.0405. The maximum Gasteiger partial charge on any atom is 0.271 e. The Labute approximate surface area is 211 Å². The number of nitro groups is 1. The molecule has 12 heteroatoms. The number of hydrogen-bond donors (Lipinski definition) is 1. The largest absolute Gasteiger partial charge is 0.495 e. The Morgan fingerprint density at radius 3 is 2.39 bits per heavy atom. The molecule has 1 N–H and O–H groups in total. The summed E-state index contributed by atoms with van der Waals surface area (Å²) in [5, 5.41) is 14.1. The number of rotatable bonds is 13. The van der Waals surface area contributed by atoms with E-state index in [1.807, 2.05) is 13.0 Å². The Balaban J connectivity index is 2.45. The summed E-state index contributed by atoms with van der Waals surface area (Å²) in [4.78, 5) is 38.3. The normalized spacial score (nSPS) is 11.9. The first kappa shape index (κ1) is 28.6. The van der Waals surface area contributed by atoms with Gasteiger partial charge in [-0.25, -0.2) is 8.42 Å². The highest BCUT2D eigenvalue weighted by Gasteiger charge is 2.31. The number of nitrogens with one attached hydrogen (secondary N) is 1. The first-order chi connectivity index (χ1) is 17.0. The van der Waals surface area contributed by atoms with E-state index < -0.39 is 33.4 Å². The van der Waals surface area contributed by atoms with Crippen LogP contribution in [0.3, 0.4) is 0 Å². The fourth-order valence-electron chi connectivity index (χ4n) is 3.48. The maximum absolute atomic E-state index is 13.5. The summed E-state index contributed by atoms with van der Waals surface area (Å²) in [5.74, 6) is -0.985. The predicted molar refractivity (Wildman–Crippen MR) is 136 cm³/mol. The number of non-ortho nitro benzene ring substituents is 1. The summed E-state index contributed by atoms with van der Waals surface area (Å²) in [6.07, 6.45) is 2.55. The molecule has 2 rings (SSSR count). The van der Waals surface area contributed by atoms with Crippen LogP contribution < -0.4 is 14.4 Å². The second-order valence-corrected chi connectivity index (χ2v) is 10.1. The molecule has 1 unspecified atom stereocenters. The van der Waals surface area contributed by atoms with Crippen LogP contribution in [-0.4, -0.2) is 62.6 Å². The molecule has 196 valence electrons. The van der Waals surface area contributed by atoms with Crippen molar-refractivity contribution in [2.45, 2.75) is 39.3 Å². The van der Waals surface area contributed by atoms with Gasteiger partial charge in [-0.3, -0.25) is 24.0 Å². The second-order valence-electron chi connectivity index (χ2n) is 8.21. The van der Waals surface area contributed by atoms with E-state index in [0.29, 0.717) is 6.54 Å². The van der Waals surface area contributed by atoms with Gasteiger partial charge in [-0.1, -0.05) is 43.7 Å². The van der Waals surface area contributed by atoms with Gasteiger partial charge in [-0.15, -0.1) is 0 Å². The molecule has 0 spiro atoms. The third kappa shape index (κ3) is 7.67. The number of ether oxygens (including phenoxy) is 1. The number of amides is 2. The van der Waals surface area contributed by atoms with Crippen LogP contribution in [-0.2, 0) is 26.2 Å². The summed E-state index contributed by atoms with van der Waals surface area (Å²) in [7, 11) is -2.79. The number of carbonyl (C=O) groups is 2. The Bertz CT molecular complexity index is 1170. The molecule has 0 aliphatic heterocycles. The molecule has 0 bridgehead atoms. The van der Waals surface area contributed by atoms with Crippen molar-refractivity contribution >= 4 is 33.2 Å². The smallest absolute Gasteiger partial charge is 0.271 e. The zero-order valence-electron chi connectivity index (χ0n) is 20.8. The van der Waals surface area contributed by atoms with E-state index in [9.17, 15) is 28.1 Å². The maximum atomic E-state index is 13.5. The Hall–Kier alpha value is -3.67. The van der Waals surface area contributed by atoms with Crippen LogP contribution in [0, 0.1) is 10.1 Å². The van der Waals surface area contributed by atoms with Gasteiger partial charge in [-0.05, 0) is 25.0 Å². The van der Waals surface area contributed by atoms with Gasteiger partial charge in [0.05, 0.1) is 18.3 Å². The molecule has 2 aromatic carbocycles. The minimum Gasteiger partial charge on any atom is -0.495 e. The lowest BCUT2D eigenvalue weighted by Crippen LogP contribution is -2.51. The van der Waals surface area contributed by atoms with Gasteiger partial charge in [0.2, 0.25) is 21.8 Å². The summed E-state index contributed by atoms with van der Waals surface area (Å²) >= 11 is 0. The number of nitrogens with zero attached hydrogens (tertiary/aromatic N) is 3. The summed E-state index contributed by atoms with van der Waals surface area (Å²) in [5.41, 5.74) is 0.233. The Morgan fingerprint density at radius 1 is 1.17 bits per heavy atom. The molecule has 11 nitrogen and oxygen atoms in total. The van der Waals surface area contributed by atoms with E-state index in [1.165, 1.54) is 24.1 Å². The van der Waals surface area contributed by atoms with Crippen LogP contribution in [0.2, 0.25) is 0 Å². The van der Waals surface area contributed by atoms with E-state index in [4.69, 9.17) is 4.74 Å². The number of sulfonamides is 1. The van der Waals surface area contributed by atoms with E-state index in [-0.39, 0.29) is 29.6 Å². The first-order valence-electron chi connectivity index (χ1n) is 11.4. The molecule has 0 radical (unpaired) electrons. The number of anilines is 1. The molecule has 2 amide bonds. The number of benzene rings is 2. The molecule has 0 saturated heterocycles. The van der Waals surface area contributed by atoms with Gasteiger partial charge in [0, 0.05) is 25.2 Å². The van der Waals surface area contributed by atoms with Gasteiger partial charge in [0.1, 0.15) is 24.0 Å². The highest BCUT2D eigenvalue weighted by Crippen LogP contribution is 2.33. The van der Waals surface area contributed by atoms with Gasteiger partial charge in [0.15, 0.2) is 0 Å².